The van der Waals surface area contributed by atoms with Gasteiger partial charge in [-0.1, -0.05) is 30.3 Å². The molecule has 1 aromatic carbocycles. The number of nitrogens with zero attached hydrogens (tertiary/aromatic N) is 4. The first-order chi connectivity index (χ1) is 14.7. The minimum absolute atomic E-state index is 0.0447. The fraction of sp³-hybridized carbons (Fsp3) is 0.522. The van der Waals surface area contributed by atoms with Gasteiger partial charge in [0, 0.05) is 50.4 Å². The van der Waals surface area contributed by atoms with E-state index in [-0.39, 0.29) is 11.4 Å². The Labute approximate surface area is 181 Å². The number of aromatic nitrogens is 1. The summed E-state index contributed by atoms with van der Waals surface area (Å²) in [6.45, 7) is 3.28. The topological polar surface area (TPSA) is 72.3 Å². The van der Waals surface area contributed by atoms with E-state index in [4.69, 9.17) is 0 Å². The van der Waals surface area contributed by atoms with E-state index in [1.54, 1.807) is 12.3 Å². The highest BCUT2D eigenvalue weighted by Crippen LogP contribution is 2.42. The molecule has 1 aromatic heterocycles. The Morgan fingerprint density at radius 1 is 1.23 bits per heavy atom. The number of likely N-dealkylation sites (tertiary alicyclic amines) is 2. The summed E-state index contributed by atoms with van der Waals surface area (Å²) in [6.07, 6.45) is 5.59. The quantitative estimate of drug-likeness (QED) is 0.777. The molecule has 3 fully saturated rings. The van der Waals surface area contributed by atoms with Crippen LogP contribution < -0.4 is 5.32 Å². The molecule has 156 valence electrons. The van der Waals surface area contributed by atoms with Crippen molar-refractivity contribution in [1.29, 1.82) is 5.26 Å². The summed E-state index contributed by atoms with van der Waals surface area (Å²) in [7, 11) is 0. The fourth-order valence-corrected chi connectivity index (χ4v) is 5.70. The van der Waals surface area contributed by atoms with Crippen molar-refractivity contribution in [3.63, 3.8) is 0 Å². The first kappa shape index (κ1) is 19.7. The monoisotopic (exact) mass is 421 g/mol. The van der Waals surface area contributed by atoms with Crippen LogP contribution in [-0.4, -0.2) is 63.9 Å². The zero-order valence-electron chi connectivity index (χ0n) is 17.0. The van der Waals surface area contributed by atoms with Crippen LogP contribution in [0.25, 0.3) is 0 Å². The van der Waals surface area contributed by atoms with E-state index in [0.29, 0.717) is 42.4 Å². The molecule has 0 radical (unpaired) electrons. The van der Waals surface area contributed by atoms with Crippen LogP contribution in [0.15, 0.2) is 42.6 Å². The molecule has 2 atom stereocenters. The Balaban J connectivity index is 1.13. The van der Waals surface area contributed by atoms with Crippen LogP contribution in [0.3, 0.4) is 0 Å². The number of hydrogen-bond donors (Lipinski definition) is 1. The van der Waals surface area contributed by atoms with Gasteiger partial charge in [0.25, 0.3) is 5.91 Å². The molecular weight excluding hydrogens is 394 g/mol. The third kappa shape index (κ3) is 3.76. The second-order valence-corrected chi connectivity index (χ2v) is 9.72. The van der Waals surface area contributed by atoms with Crippen molar-refractivity contribution >= 4 is 17.4 Å². The van der Waals surface area contributed by atoms with E-state index in [1.807, 2.05) is 4.90 Å². The minimum atomic E-state index is -0.174. The third-order valence-electron chi connectivity index (χ3n) is 6.95. The number of rotatable bonds is 6. The molecule has 6 nitrogen and oxygen atoms in total. The highest BCUT2D eigenvalue weighted by atomic mass is 32.1. The third-order valence-corrected chi connectivity index (χ3v) is 7.68. The Morgan fingerprint density at radius 2 is 2.00 bits per heavy atom. The molecule has 1 amide bonds. The molecule has 0 bridgehead atoms. The molecule has 7 heteroatoms. The highest BCUT2D eigenvalue weighted by Gasteiger charge is 2.50. The van der Waals surface area contributed by atoms with Gasteiger partial charge in [-0.05, 0) is 42.4 Å². The Kier molecular flexibility index (Phi) is 5.32. The maximum atomic E-state index is 12.6. The van der Waals surface area contributed by atoms with Gasteiger partial charge < -0.3 is 10.2 Å². The fourth-order valence-electron chi connectivity index (χ4n) is 5.13. The van der Waals surface area contributed by atoms with Gasteiger partial charge in [0.15, 0.2) is 0 Å². The normalized spacial score (nSPS) is 26.0. The van der Waals surface area contributed by atoms with E-state index in [9.17, 15) is 10.1 Å². The second-order valence-electron chi connectivity index (χ2n) is 8.88. The summed E-state index contributed by atoms with van der Waals surface area (Å²) in [4.78, 5) is 17.6. The largest absolute Gasteiger partial charge is 0.334 e. The summed E-state index contributed by atoms with van der Waals surface area (Å²) in [5.41, 5.74) is 1.27. The van der Waals surface area contributed by atoms with Crippen LogP contribution in [0.2, 0.25) is 0 Å². The van der Waals surface area contributed by atoms with Gasteiger partial charge in [-0.2, -0.15) is 5.26 Å². The lowest BCUT2D eigenvalue weighted by Gasteiger charge is -2.56. The van der Waals surface area contributed by atoms with Gasteiger partial charge in [0.05, 0.1) is 18.0 Å². The number of carbonyl (C=O) groups excluding carboxylic acids is 1. The number of carbonyl (C=O) groups is 1. The lowest BCUT2D eigenvalue weighted by Crippen LogP contribution is -2.72. The predicted octanol–water partition coefficient (Wildman–Crippen LogP) is 2.86. The number of nitrogens with one attached hydrogen (secondary N) is 1. The van der Waals surface area contributed by atoms with Gasteiger partial charge in [-0.25, -0.2) is 4.37 Å². The lowest BCUT2D eigenvalue weighted by molar-refractivity contribution is -0.0495. The van der Waals surface area contributed by atoms with E-state index in [2.05, 4.69) is 51.0 Å². The zero-order valence-corrected chi connectivity index (χ0v) is 17.9. The van der Waals surface area contributed by atoms with Crippen LogP contribution in [0.4, 0.5) is 0 Å². The van der Waals surface area contributed by atoms with Crippen LogP contribution in [0.1, 0.15) is 46.8 Å². The van der Waals surface area contributed by atoms with Gasteiger partial charge in [-0.3, -0.25) is 9.69 Å². The Bertz CT molecular complexity index is 911. The number of amides is 1. The number of benzene rings is 1. The standard InChI is InChI=1S/C23H27N5OS/c24-10-9-23(15-27(16-23)22(29)21-6-11-25-30-21)28-12-7-18(8-13-28)26-20-14-19(20)17-4-2-1-3-5-17/h1-6,11,18-20,26H,7-9,12-16H2/t19?,20-/m1/s1. The maximum Gasteiger partial charge on any atom is 0.265 e. The maximum absolute atomic E-state index is 12.6. The molecule has 3 aliphatic rings. The lowest BCUT2D eigenvalue weighted by atomic mass is 9.82. The molecular formula is C23H27N5OS. The van der Waals surface area contributed by atoms with E-state index in [1.165, 1.54) is 23.5 Å². The van der Waals surface area contributed by atoms with Crippen LogP contribution in [0.5, 0.6) is 0 Å². The SMILES string of the molecule is N#CCC1(N2CCC(N[C@@H]3CC3c3ccccc3)CC2)CN(C(=O)c2ccns2)C1. The first-order valence-corrected chi connectivity index (χ1v) is 11.6. The van der Waals surface area contributed by atoms with Crippen molar-refractivity contribution in [1.82, 2.24) is 19.5 Å². The van der Waals surface area contributed by atoms with Crippen LogP contribution in [0, 0.1) is 11.3 Å². The Hall–Kier alpha value is -2.27. The van der Waals surface area contributed by atoms with Crippen molar-refractivity contribution in [3.05, 3.63) is 53.0 Å². The van der Waals surface area contributed by atoms with Crippen molar-refractivity contribution < 1.29 is 4.79 Å². The van der Waals surface area contributed by atoms with Gasteiger partial charge in [0.1, 0.15) is 4.88 Å². The molecule has 1 saturated carbocycles. The zero-order chi connectivity index (χ0) is 20.6. The smallest absolute Gasteiger partial charge is 0.265 e. The molecule has 1 aliphatic carbocycles. The van der Waals surface area contributed by atoms with Crippen molar-refractivity contribution in [2.75, 3.05) is 26.2 Å². The van der Waals surface area contributed by atoms with Gasteiger partial charge >= 0.3 is 0 Å². The summed E-state index contributed by atoms with van der Waals surface area (Å²) in [5.74, 6) is 0.704. The van der Waals surface area contributed by atoms with Crippen LogP contribution >= 0.6 is 11.5 Å². The van der Waals surface area contributed by atoms with Crippen molar-refractivity contribution in [3.8, 4) is 6.07 Å². The summed E-state index contributed by atoms with van der Waals surface area (Å²) >= 11 is 1.24. The van der Waals surface area contributed by atoms with Crippen molar-refractivity contribution in [2.24, 2.45) is 0 Å². The number of piperidine rings is 1. The van der Waals surface area contributed by atoms with E-state index >= 15 is 0 Å². The molecule has 2 aliphatic heterocycles. The van der Waals surface area contributed by atoms with Crippen molar-refractivity contribution in [2.45, 2.75) is 49.2 Å². The molecule has 30 heavy (non-hydrogen) atoms. The minimum Gasteiger partial charge on any atom is -0.334 e. The molecule has 0 spiro atoms. The molecule has 5 rings (SSSR count). The summed E-state index contributed by atoms with van der Waals surface area (Å²) in [5, 5.41) is 13.3. The molecule has 2 saturated heterocycles. The van der Waals surface area contributed by atoms with E-state index < -0.39 is 0 Å². The molecule has 2 aromatic rings. The first-order valence-electron chi connectivity index (χ1n) is 10.8. The summed E-state index contributed by atoms with van der Waals surface area (Å²) in [6, 6.07) is 16.1. The van der Waals surface area contributed by atoms with Gasteiger partial charge in [-0.15, -0.1) is 0 Å². The molecule has 1 unspecified atom stereocenters. The number of hydrogen-bond acceptors (Lipinski definition) is 6. The van der Waals surface area contributed by atoms with Crippen LogP contribution in [-0.2, 0) is 0 Å². The molecule has 3 heterocycles. The Morgan fingerprint density at radius 3 is 2.67 bits per heavy atom. The number of nitriles is 1. The highest BCUT2D eigenvalue weighted by molar-refractivity contribution is 7.08. The average molecular weight is 422 g/mol. The predicted molar refractivity (Wildman–Crippen MR) is 116 cm³/mol. The average Bonchev–Trinajstić information content (AvgIpc) is 3.29. The summed E-state index contributed by atoms with van der Waals surface area (Å²) < 4.78 is 4.03. The van der Waals surface area contributed by atoms with Gasteiger partial charge in [0.2, 0.25) is 0 Å². The second kappa shape index (κ2) is 8.10. The molecule has 1 N–H and O–H groups in total. The van der Waals surface area contributed by atoms with E-state index in [0.717, 1.165) is 25.9 Å².